The molecule has 0 aliphatic carbocycles. The summed E-state index contributed by atoms with van der Waals surface area (Å²) < 4.78 is 29.0. The lowest BCUT2D eigenvalue weighted by Gasteiger charge is -2.09. The van der Waals surface area contributed by atoms with Gasteiger partial charge in [-0.05, 0) is 61.6 Å². The number of allylic oxidation sites excluding steroid dienone is 9. The highest BCUT2D eigenvalue weighted by atomic mass is 19.2. The summed E-state index contributed by atoms with van der Waals surface area (Å²) in [4.78, 5) is 9.07. The zero-order valence-corrected chi connectivity index (χ0v) is 21.4. The van der Waals surface area contributed by atoms with E-state index >= 15 is 0 Å². The fourth-order valence-electron chi connectivity index (χ4n) is 3.12. The number of hydrogen-bond donors (Lipinski definition) is 0. The smallest absolute Gasteiger partial charge is 0.310 e. The molecular weight excluding hydrogens is 415 g/mol. The van der Waals surface area contributed by atoms with Gasteiger partial charge in [0.25, 0.3) is 0 Å². The fraction of sp³-hybridized carbons (Fsp3) is 0.333. The van der Waals surface area contributed by atoms with Crippen LogP contribution in [-0.4, -0.2) is 23.4 Å². The largest absolute Gasteiger partial charge is 0.679 e. The van der Waals surface area contributed by atoms with Crippen molar-refractivity contribution < 1.29 is 8.63 Å². The molecule has 0 atom stereocenters. The maximum atomic E-state index is 14.0. The van der Waals surface area contributed by atoms with E-state index in [1.807, 2.05) is 60.6 Å². The van der Waals surface area contributed by atoms with Gasteiger partial charge in [0, 0.05) is 5.69 Å². The summed E-state index contributed by atoms with van der Waals surface area (Å²) in [7, 11) is -2.74. The van der Waals surface area contributed by atoms with Crippen LogP contribution in [0.2, 0.25) is 0 Å². The Balaban J connectivity index is 0.00000242. The summed E-state index contributed by atoms with van der Waals surface area (Å²) in [5.41, 5.74) is 4.14. The summed E-state index contributed by atoms with van der Waals surface area (Å²) in [5.74, 6) is 0.626. The van der Waals surface area contributed by atoms with Crippen molar-refractivity contribution in [2.45, 2.75) is 61.8 Å². The molecule has 0 saturated carbocycles. The van der Waals surface area contributed by atoms with E-state index in [4.69, 9.17) is 0 Å². The number of aryl methyl sites for hydroxylation is 1. The first-order valence-corrected chi connectivity index (χ1v) is 11.5. The topological polar surface area (TPSA) is 29.6 Å². The van der Waals surface area contributed by atoms with Gasteiger partial charge in [-0.3, -0.25) is 8.63 Å². The molecule has 3 nitrogen and oxygen atoms in total. The Hall–Kier alpha value is -3.02. The standard InChI is InChI=1S/C23H26BF2N3.2C2H6/c1-7-11-18(10-4)20-14-16(5)22(27-20)28-23-17(6)15-21(29(23)24(25)26)19(12-8-2)13-9-3;2*1-2/h8-15H,2,4,7H2,1,3,5-6H3;2*1-2H3/b13-9-,18-11+,19-12+,28-22-;;. The van der Waals surface area contributed by atoms with Crippen molar-refractivity contribution in [3.05, 3.63) is 84.2 Å². The van der Waals surface area contributed by atoms with E-state index in [1.165, 1.54) is 0 Å². The first-order valence-electron chi connectivity index (χ1n) is 11.5. The summed E-state index contributed by atoms with van der Waals surface area (Å²) in [6.07, 6.45) is 13.4. The van der Waals surface area contributed by atoms with E-state index in [0.29, 0.717) is 22.7 Å². The molecule has 2 heterocycles. The van der Waals surface area contributed by atoms with Crippen LogP contribution in [0.15, 0.2) is 82.9 Å². The molecule has 0 unspecified atom stereocenters. The number of halogens is 2. The van der Waals surface area contributed by atoms with Crippen molar-refractivity contribution in [1.29, 1.82) is 0 Å². The van der Waals surface area contributed by atoms with Crippen LogP contribution in [0.1, 0.15) is 66.1 Å². The second kappa shape index (κ2) is 15.7. The summed E-state index contributed by atoms with van der Waals surface area (Å²) in [5, 5.41) is 0. The quantitative estimate of drug-likeness (QED) is 0.278. The van der Waals surface area contributed by atoms with Crippen LogP contribution in [0.25, 0.3) is 5.57 Å². The lowest BCUT2D eigenvalue weighted by Crippen LogP contribution is -2.15. The number of rotatable bonds is 8. The second-order valence-electron chi connectivity index (χ2n) is 6.57. The van der Waals surface area contributed by atoms with Crippen LogP contribution in [0.4, 0.5) is 14.4 Å². The molecule has 178 valence electrons. The maximum Gasteiger partial charge on any atom is 0.679 e. The monoisotopic (exact) mass is 453 g/mol. The predicted molar refractivity (Wildman–Crippen MR) is 145 cm³/mol. The molecule has 1 aromatic heterocycles. The highest BCUT2D eigenvalue weighted by Gasteiger charge is 2.27. The lowest BCUT2D eigenvalue weighted by molar-refractivity contribution is 0.629. The van der Waals surface area contributed by atoms with Crippen LogP contribution in [-0.2, 0) is 0 Å². The van der Waals surface area contributed by atoms with E-state index < -0.39 is 7.40 Å². The maximum absolute atomic E-state index is 14.0. The van der Waals surface area contributed by atoms with Gasteiger partial charge in [-0.2, -0.15) is 0 Å². The number of hydrogen-bond acceptors (Lipinski definition) is 1. The Kier molecular flexibility index (Phi) is 14.3. The molecule has 0 radical (unpaired) electrons. The molecule has 0 amide bonds. The van der Waals surface area contributed by atoms with Crippen LogP contribution in [0.5, 0.6) is 0 Å². The van der Waals surface area contributed by atoms with Crippen LogP contribution in [0, 0.1) is 6.92 Å². The highest BCUT2D eigenvalue weighted by molar-refractivity contribution is 6.42. The lowest BCUT2D eigenvalue weighted by atomic mass is 10.1. The Morgan fingerprint density at radius 3 is 2.27 bits per heavy atom. The second-order valence-corrected chi connectivity index (χ2v) is 6.57. The molecular formula is C27H38BF2N3. The molecule has 1 aromatic rings. The van der Waals surface area contributed by atoms with Crippen molar-refractivity contribution in [3.63, 3.8) is 0 Å². The summed E-state index contributed by atoms with van der Waals surface area (Å²) in [6.45, 7) is 23.0. The summed E-state index contributed by atoms with van der Waals surface area (Å²) in [6, 6.07) is 1.71. The number of aliphatic imine (C=N–C) groups is 2. The average Bonchev–Trinajstić information content (AvgIpc) is 3.34. The molecule has 0 bridgehead atoms. The number of aromatic nitrogens is 1. The van der Waals surface area contributed by atoms with Crippen LogP contribution < -0.4 is 0 Å². The van der Waals surface area contributed by atoms with Gasteiger partial charge in [0.2, 0.25) is 0 Å². The van der Waals surface area contributed by atoms with Gasteiger partial charge < -0.3 is 4.48 Å². The van der Waals surface area contributed by atoms with Crippen molar-refractivity contribution in [2.75, 3.05) is 0 Å². The summed E-state index contributed by atoms with van der Waals surface area (Å²) >= 11 is 0. The van der Waals surface area contributed by atoms with Crippen molar-refractivity contribution in [3.8, 4) is 0 Å². The third-order valence-electron chi connectivity index (χ3n) is 4.41. The predicted octanol–water partition coefficient (Wildman–Crippen LogP) is 8.72. The molecule has 0 N–H and O–H groups in total. The average molecular weight is 453 g/mol. The van der Waals surface area contributed by atoms with Crippen LogP contribution >= 0.6 is 0 Å². The van der Waals surface area contributed by atoms with E-state index in [-0.39, 0.29) is 5.82 Å². The van der Waals surface area contributed by atoms with Crippen molar-refractivity contribution in [1.82, 2.24) is 4.48 Å². The molecule has 2 rings (SSSR count). The molecule has 1 aliphatic heterocycles. The Morgan fingerprint density at radius 1 is 1.15 bits per heavy atom. The van der Waals surface area contributed by atoms with Crippen molar-refractivity contribution in [2.24, 2.45) is 9.98 Å². The van der Waals surface area contributed by atoms with E-state index in [0.717, 1.165) is 27.8 Å². The van der Waals surface area contributed by atoms with Gasteiger partial charge in [-0.1, -0.05) is 84.2 Å². The van der Waals surface area contributed by atoms with Gasteiger partial charge in [0.1, 0.15) is 5.82 Å². The van der Waals surface area contributed by atoms with E-state index in [1.54, 1.807) is 43.4 Å². The SMILES string of the molecule is C=C/C=C(\C=C/C)c1cc(C)c(/N=C2N=C(/C(C=C)=C/CC)C=C\2C)n1B(F)F.CC.CC. The molecule has 33 heavy (non-hydrogen) atoms. The fourth-order valence-corrected chi connectivity index (χ4v) is 3.12. The normalized spacial score (nSPS) is 14.8. The Labute approximate surface area is 199 Å². The zero-order valence-electron chi connectivity index (χ0n) is 21.4. The van der Waals surface area contributed by atoms with E-state index in [9.17, 15) is 8.63 Å². The zero-order chi connectivity index (χ0) is 25.6. The molecule has 1 aliphatic rings. The van der Waals surface area contributed by atoms with Gasteiger partial charge in [-0.15, -0.1) is 0 Å². The van der Waals surface area contributed by atoms with Crippen LogP contribution in [0.3, 0.4) is 0 Å². The first kappa shape index (κ1) is 30.0. The first-order chi connectivity index (χ1) is 15.9. The Bertz CT molecular complexity index is 987. The number of nitrogens with zero attached hydrogens (tertiary/aromatic N) is 3. The van der Waals surface area contributed by atoms with Gasteiger partial charge in [-0.25, -0.2) is 9.98 Å². The molecule has 6 heteroatoms. The van der Waals surface area contributed by atoms with Gasteiger partial charge in [0.15, 0.2) is 5.84 Å². The third-order valence-corrected chi connectivity index (χ3v) is 4.41. The Morgan fingerprint density at radius 2 is 1.79 bits per heavy atom. The minimum atomic E-state index is -2.74. The molecule has 0 spiro atoms. The molecule has 0 aromatic carbocycles. The minimum Gasteiger partial charge on any atom is -0.310 e. The number of amidine groups is 1. The minimum absolute atomic E-state index is 0.196. The third kappa shape index (κ3) is 7.81. The molecule has 0 saturated heterocycles. The van der Waals surface area contributed by atoms with Crippen molar-refractivity contribution >= 4 is 30.3 Å². The van der Waals surface area contributed by atoms with Gasteiger partial charge in [0.05, 0.1) is 5.71 Å². The van der Waals surface area contributed by atoms with Gasteiger partial charge >= 0.3 is 7.40 Å². The molecule has 0 fully saturated rings. The highest BCUT2D eigenvalue weighted by Crippen LogP contribution is 2.32. The van der Waals surface area contributed by atoms with E-state index in [2.05, 4.69) is 23.1 Å².